The van der Waals surface area contributed by atoms with Crippen LogP contribution in [0.5, 0.6) is 5.75 Å². The number of carbonyl (C=O) groups is 1. The van der Waals surface area contributed by atoms with Gasteiger partial charge in [0.1, 0.15) is 5.75 Å². The third kappa shape index (κ3) is 3.24. The molecule has 0 unspecified atom stereocenters. The van der Waals surface area contributed by atoms with Crippen molar-refractivity contribution in [2.75, 3.05) is 0 Å². The molecule has 0 fully saturated rings. The van der Waals surface area contributed by atoms with E-state index in [0.29, 0.717) is 10.6 Å². The van der Waals surface area contributed by atoms with Gasteiger partial charge < -0.3 is 5.11 Å². The fourth-order valence-corrected chi connectivity index (χ4v) is 1.91. The Labute approximate surface area is 117 Å². The second-order valence-electron chi connectivity index (χ2n) is 4.23. The van der Waals surface area contributed by atoms with E-state index in [-0.39, 0.29) is 11.5 Å². The van der Waals surface area contributed by atoms with Crippen LogP contribution in [0.15, 0.2) is 48.5 Å². The first-order valence-electron chi connectivity index (χ1n) is 5.84. The molecule has 0 aliphatic rings. The Morgan fingerprint density at radius 1 is 1.21 bits per heavy atom. The van der Waals surface area contributed by atoms with Crippen molar-refractivity contribution in [3.63, 3.8) is 0 Å². The third-order valence-electron chi connectivity index (χ3n) is 2.77. The summed E-state index contributed by atoms with van der Waals surface area (Å²) in [5, 5.41) is 9.97. The maximum Gasteiger partial charge on any atom is 0.185 e. The lowest BCUT2D eigenvalue weighted by Crippen LogP contribution is -1.93. The molecule has 0 bridgehead atoms. The molecule has 2 aromatic carbocycles. The Morgan fingerprint density at radius 3 is 2.68 bits per heavy atom. The van der Waals surface area contributed by atoms with E-state index in [4.69, 9.17) is 11.6 Å². The van der Waals surface area contributed by atoms with Crippen LogP contribution in [0, 0.1) is 6.92 Å². The smallest absolute Gasteiger partial charge is 0.185 e. The first-order chi connectivity index (χ1) is 9.08. The third-order valence-corrected chi connectivity index (χ3v) is 3.28. The van der Waals surface area contributed by atoms with Crippen molar-refractivity contribution in [1.82, 2.24) is 0 Å². The van der Waals surface area contributed by atoms with Crippen molar-refractivity contribution in [2.24, 2.45) is 0 Å². The number of halogens is 1. The van der Waals surface area contributed by atoms with Gasteiger partial charge >= 0.3 is 0 Å². The van der Waals surface area contributed by atoms with Gasteiger partial charge in [0.15, 0.2) is 5.78 Å². The number of rotatable bonds is 3. The highest BCUT2D eigenvalue weighted by Gasteiger charge is 2.04. The van der Waals surface area contributed by atoms with Gasteiger partial charge in [0.05, 0.1) is 5.02 Å². The monoisotopic (exact) mass is 272 g/mol. The minimum Gasteiger partial charge on any atom is -0.508 e. The van der Waals surface area contributed by atoms with Crippen LogP contribution in [0.25, 0.3) is 6.08 Å². The van der Waals surface area contributed by atoms with E-state index >= 15 is 0 Å². The summed E-state index contributed by atoms with van der Waals surface area (Å²) in [6.07, 6.45) is 3.14. The van der Waals surface area contributed by atoms with Gasteiger partial charge in [0, 0.05) is 5.56 Å². The number of phenols is 1. The molecule has 2 aromatic rings. The van der Waals surface area contributed by atoms with E-state index in [0.717, 1.165) is 11.1 Å². The average molecular weight is 273 g/mol. The van der Waals surface area contributed by atoms with Gasteiger partial charge in [-0.25, -0.2) is 0 Å². The SMILES string of the molecule is Cc1cccc(/C=C/C(=O)c2cccc(O)c2)c1Cl. The van der Waals surface area contributed by atoms with E-state index in [2.05, 4.69) is 0 Å². The molecule has 0 amide bonds. The number of benzene rings is 2. The zero-order chi connectivity index (χ0) is 13.8. The first-order valence-corrected chi connectivity index (χ1v) is 6.22. The Hall–Kier alpha value is -2.06. The van der Waals surface area contributed by atoms with E-state index in [1.54, 1.807) is 18.2 Å². The molecule has 1 N–H and O–H groups in total. The van der Waals surface area contributed by atoms with Gasteiger partial charge in [-0.3, -0.25) is 4.79 Å². The normalized spacial score (nSPS) is 10.8. The van der Waals surface area contributed by atoms with Gasteiger partial charge in [0.25, 0.3) is 0 Å². The Bertz CT molecular complexity index is 645. The summed E-state index contributed by atoms with van der Waals surface area (Å²) in [4.78, 5) is 11.9. The maximum atomic E-state index is 11.9. The highest BCUT2D eigenvalue weighted by Crippen LogP contribution is 2.21. The fourth-order valence-electron chi connectivity index (χ4n) is 1.72. The number of hydrogen-bond donors (Lipinski definition) is 1. The number of carbonyl (C=O) groups excluding carboxylic acids is 1. The molecule has 0 aliphatic carbocycles. The first kappa shape index (κ1) is 13.4. The summed E-state index contributed by atoms with van der Waals surface area (Å²) in [7, 11) is 0. The van der Waals surface area contributed by atoms with Gasteiger partial charge in [-0.2, -0.15) is 0 Å². The van der Waals surface area contributed by atoms with Gasteiger partial charge in [-0.05, 0) is 42.3 Å². The number of aryl methyl sites for hydroxylation is 1. The molecule has 96 valence electrons. The Morgan fingerprint density at radius 2 is 1.95 bits per heavy atom. The van der Waals surface area contributed by atoms with Crippen LogP contribution < -0.4 is 0 Å². The van der Waals surface area contributed by atoms with Crippen molar-refractivity contribution in [3.05, 3.63) is 70.3 Å². The molecule has 2 rings (SSSR count). The van der Waals surface area contributed by atoms with E-state index in [1.165, 1.54) is 18.2 Å². The van der Waals surface area contributed by atoms with E-state index < -0.39 is 0 Å². The van der Waals surface area contributed by atoms with Crippen LogP contribution in [0.3, 0.4) is 0 Å². The molecule has 0 atom stereocenters. The number of ketones is 1. The fraction of sp³-hybridized carbons (Fsp3) is 0.0625. The van der Waals surface area contributed by atoms with Gasteiger partial charge in [0.2, 0.25) is 0 Å². The lowest BCUT2D eigenvalue weighted by molar-refractivity contribution is 0.104. The van der Waals surface area contributed by atoms with Crippen molar-refractivity contribution < 1.29 is 9.90 Å². The molecule has 19 heavy (non-hydrogen) atoms. The number of phenolic OH excluding ortho intramolecular Hbond substituents is 1. The second kappa shape index (κ2) is 5.72. The molecule has 0 aliphatic heterocycles. The summed E-state index contributed by atoms with van der Waals surface area (Å²) in [6.45, 7) is 1.91. The van der Waals surface area contributed by atoms with Crippen molar-refractivity contribution in [2.45, 2.75) is 6.92 Å². The summed E-state index contributed by atoms with van der Waals surface area (Å²) in [5.41, 5.74) is 2.21. The Balaban J connectivity index is 2.23. The standard InChI is InChI=1S/C16H13ClO2/c1-11-4-2-5-12(16(11)17)8-9-15(19)13-6-3-7-14(18)10-13/h2-10,18H,1H3/b9-8+. The van der Waals surface area contributed by atoms with Crippen LogP contribution in [0.2, 0.25) is 5.02 Å². The molecule has 3 heteroatoms. The molecule has 0 radical (unpaired) electrons. The molecule has 0 heterocycles. The van der Waals surface area contributed by atoms with Crippen LogP contribution in [0.4, 0.5) is 0 Å². The predicted octanol–water partition coefficient (Wildman–Crippen LogP) is 4.25. The molecule has 0 saturated carbocycles. The van der Waals surface area contributed by atoms with Crippen molar-refractivity contribution in [3.8, 4) is 5.75 Å². The predicted molar refractivity (Wildman–Crippen MR) is 77.7 cm³/mol. The highest BCUT2D eigenvalue weighted by atomic mass is 35.5. The average Bonchev–Trinajstić information content (AvgIpc) is 2.40. The zero-order valence-corrected chi connectivity index (χ0v) is 11.2. The minimum atomic E-state index is -0.173. The number of hydrogen-bond acceptors (Lipinski definition) is 2. The van der Waals surface area contributed by atoms with E-state index in [9.17, 15) is 9.90 Å². The molecule has 2 nitrogen and oxygen atoms in total. The molecule has 0 aromatic heterocycles. The maximum absolute atomic E-state index is 11.9. The largest absolute Gasteiger partial charge is 0.508 e. The molecular formula is C16H13ClO2. The topological polar surface area (TPSA) is 37.3 Å². The van der Waals surface area contributed by atoms with Crippen LogP contribution in [0.1, 0.15) is 21.5 Å². The molecule has 0 saturated heterocycles. The lowest BCUT2D eigenvalue weighted by Gasteiger charge is -2.01. The zero-order valence-electron chi connectivity index (χ0n) is 10.4. The lowest BCUT2D eigenvalue weighted by atomic mass is 10.1. The highest BCUT2D eigenvalue weighted by molar-refractivity contribution is 6.33. The number of allylic oxidation sites excluding steroid dienone is 1. The Kier molecular flexibility index (Phi) is 4.03. The van der Waals surface area contributed by atoms with Gasteiger partial charge in [-0.15, -0.1) is 0 Å². The summed E-state index contributed by atoms with van der Waals surface area (Å²) in [6, 6.07) is 11.9. The van der Waals surface area contributed by atoms with Crippen molar-refractivity contribution in [1.29, 1.82) is 0 Å². The number of aromatic hydroxyl groups is 1. The van der Waals surface area contributed by atoms with Crippen LogP contribution >= 0.6 is 11.6 Å². The van der Waals surface area contributed by atoms with Crippen molar-refractivity contribution >= 4 is 23.5 Å². The van der Waals surface area contributed by atoms with E-state index in [1.807, 2.05) is 25.1 Å². The van der Waals surface area contributed by atoms with Crippen LogP contribution in [-0.4, -0.2) is 10.9 Å². The quantitative estimate of drug-likeness (QED) is 0.670. The van der Waals surface area contributed by atoms with Crippen LogP contribution in [-0.2, 0) is 0 Å². The molecule has 0 spiro atoms. The minimum absolute atomic E-state index is 0.0767. The van der Waals surface area contributed by atoms with Gasteiger partial charge in [-0.1, -0.05) is 41.9 Å². The summed E-state index contributed by atoms with van der Waals surface area (Å²) < 4.78 is 0. The summed E-state index contributed by atoms with van der Waals surface area (Å²) >= 11 is 6.15. The second-order valence-corrected chi connectivity index (χ2v) is 4.60. The molecular weight excluding hydrogens is 260 g/mol. The summed E-state index contributed by atoms with van der Waals surface area (Å²) in [5.74, 6) is -0.0960.